The van der Waals surface area contributed by atoms with Gasteiger partial charge in [0.05, 0.1) is 12.0 Å². The Morgan fingerprint density at radius 2 is 1.85 bits per heavy atom. The second-order valence-corrected chi connectivity index (χ2v) is 7.15. The number of hydrogen-bond donors (Lipinski definition) is 1. The van der Waals surface area contributed by atoms with Crippen LogP contribution in [0.4, 0.5) is 10.2 Å². The Morgan fingerprint density at radius 3 is 2.54 bits per heavy atom. The zero-order valence-electron chi connectivity index (χ0n) is 14.7. The van der Waals surface area contributed by atoms with Crippen LogP contribution in [0.1, 0.15) is 43.5 Å². The molecule has 0 spiro atoms. The lowest BCUT2D eigenvalue weighted by molar-refractivity contribution is -0.123. The maximum atomic E-state index is 13.1. The van der Waals surface area contributed by atoms with E-state index in [-0.39, 0.29) is 11.7 Å². The third-order valence-electron chi connectivity index (χ3n) is 5.36. The van der Waals surface area contributed by atoms with E-state index < -0.39 is 5.41 Å². The quantitative estimate of drug-likeness (QED) is 0.897. The summed E-state index contributed by atoms with van der Waals surface area (Å²) in [5.74, 6) is 1.24. The van der Waals surface area contributed by atoms with Gasteiger partial charge in [-0.25, -0.2) is 14.4 Å². The molecule has 2 aromatic rings. The molecule has 1 saturated heterocycles. The minimum Gasteiger partial charge on any atom is -0.357 e. The van der Waals surface area contributed by atoms with E-state index in [0.29, 0.717) is 12.4 Å². The minimum atomic E-state index is -0.516. The lowest BCUT2D eigenvalue weighted by atomic mass is 9.95. The standard InChI is InChI=1S/C20H23FN4O/c21-16-6-4-15(5-7-16)20(9-10-20)19(26)23-14-17-22-11-8-18(24-17)25-12-2-1-3-13-25/h4-8,11H,1-3,9-10,12-14H2,(H,23,26). The molecule has 5 nitrogen and oxygen atoms in total. The second kappa shape index (κ2) is 7.02. The van der Waals surface area contributed by atoms with Crippen molar-refractivity contribution >= 4 is 11.7 Å². The first kappa shape index (κ1) is 16.9. The maximum Gasteiger partial charge on any atom is 0.231 e. The summed E-state index contributed by atoms with van der Waals surface area (Å²) in [5, 5.41) is 2.97. The van der Waals surface area contributed by atoms with Crippen molar-refractivity contribution in [2.75, 3.05) is 18.0 Å². The van der Waals surface area contributed by atoms with Crippen molar-refractivity contribution in [1.82, 2.24) is 15.3 Å². The van der Waals surface area contributed by atoms with Crippen molar-refractivity contribution in [2.45, 2.75) is 44.1 Å². The van der Waals surface area contributed by atoms with Crippen molar-refractivity contribution in [1.29, 1.82) is 0 Å². The predicted octanol–water partition coefficient (Wildman–Crippen LogP) is 2.95. The van der Waals surface area contributed by atoms with Crippen molar-refractivity contribution < 1.29 is 9.18 Å². The van der Waals surface area contributed by atoms with E-state index in [2.05, 4.69) is 20.2 Å². The number of benzene rings is 1. The molecule has 1 amide bonds. The lowest BCUT2D eigenvalue weighted by Crippen LogP contribution is -2.35. The molecule has 1 saturated carbocycles. The average Bonchev–Trinajstić information content (AvgIpc) is 3.50. The zero-order valence-corrected chi connectivity index (χ0v) is 14.7. The van der Waals surface area contributed by atoms with Gasteiger partial charge in [-0.2, -0.15) is 0 Å². The number of aromatic nitrogens is 2. The largest absolute Gasteiger partial charge is 0.357 e. The van der Waals surface area contributed by atoms with Gasteiger partial charge in [0.25, 0.3) is 0 Å². The molecule has 4 rings (SSSR count). The molecule has 0 radical (unpaired) electrons. The summed E-state index contributed by atoms with van der Waals surface area (Å²) in [4.78, 5) is 23.9. The molecule has 136 valence electrons. The minimum absolute atomic E-state index is 0.0314. The highest BCUT2D eigenvalue weighted by molar-refractivity contribution is 5.91. The number of hydrogen-bond acceptors (Lipinski definition) is 4. The van der Waals surface area contributed by atoms with Crippen LogP contribution in [0.2, 0.25) is 0 Å². The number of carbonyl (C=O) groups is 1. The monoisotopic (exact) mass is 354 g/mol. The van der Waals surface area contributed by atoms with E-state index in [0.717, 1.165) is 37.3 Å². The first-order valence-corrected chi connectivity index (χ1v) is 9.29. The van der Waals surface area contributed by atoms with E-state index in [1.807, 2.05) is 6.07 Å². The molecular formula is C20H23FN4O. The van der Waals surface area contributed by atoms with Crippen LogP contribution in [0.3, 0.4) is 0 Å². The predicted molar refractivity (Wildman–Crippen MR) is 97.3 cm³/mol. The topological polar surface area (TPSA) is 58.1 Å². The van der Waals surface area contributed by atoms with Crippen LogP contribution >= 0.6 is 0 Å². The highest BCUT2D eigenvalue weighted by atomic mass is 19.1. The number of nitrogens with one attached hydrogen (secondary N) is 1. The molecule has 1 aromatic carbocycles. The van der Waals surface area contributed by atoms with Crippen LogP contribution in [-0.2, 0) is 16.8 Å². The normalized spacial score (nSPS) is 18.4. The number of halogens is 1. The highest BCUT2D eigenvalue weighted by Gasteiger charge is 2.51. The summed E-state index contributed by atoms with van der Waals surface area (Å²) in [7, 11) is 0. The van der Waals surface area contributed by atoms with E-state index in [9.17, 15) is 9.18 Å². The average molecular weight is 354 g/mol. The molecule has 1 aliphatic heterocycles. The molecule has 0 unspecified atom stereocenters. The third kappa shape index (κ3) is 3.41. The SMILES string of the molecule is O=C(NCc1nccc(N2CCCCC2)n1)C1(c2ccc(F)cc2)CC1. The van der Waals surface area contributed by atoms with E-state index in [1.54, 1.807) is 18.3 Å². The Bertz CT molecular complexity index is 783. The molecule has 6 heteroatoms. The number of anilines is 1. The number of carbonyl (C=O) groups excluding carboxylic acids is 1. The Labute approximate surface area is 152 Å². The van der Waals surface area contributed by atoms with Gasteiger partial charge in [0, 0.05) is 19.3 Å². The summed E-state index contributed by atoms with van der Waals surface area (Å²) >= 11 is 0. The van der Waals surface area contributed by atoms with Gasteiger partial charge in [0.1, 0.15) is 17.5 Å². The van der Waals surface area contributed by atoms with Crippen LogP contribution in [0.5, 0.6) is 0 Å². The third-order valence-corrected chi connectivity index (χ3v) is 5.36. The van der Waals surface area contributed by atoms with Crippen LogP contribution in [-0.4, -0.2) is 29.0 Å². The molecule has 2 fully saturated rings. The molecule has 1 aromatic heterocycles. The van der Waals surface area contributed by atoms with Crippen molar-refractivity contribution in [3.8, 4) is 0 Å². The van der Waals surface area contributed by atoms with Crippen molar-refractivity contribution in [2.24, 2.45) is 0 Å². The smallest absolute Gasteiger partial charge is 0.231 e. The number of piperidine rings is 1. The molecule has 0 bridgehead atoms. The lowest BCUT2D eigenvalue weighted by Gasteiger charge is -2.27. The highest BCUT2D eigenvalue weighted by Crippen LogP contribution is 2.48. The summed E-state index contributed by atoms with van der Waals surface area (Å²) in [6.45, 7) is 2.36. The summed E-state index contributed by atoms with van der Waals surface area (Å²) in [6, 6.07) is 8.16. The zero-order chi connectivity index (χ0) is 18.0. The van der Waals surface area contributed by atoms with Gasteiger partial charge in [0.2, 0.25) is 5.91 Å². The molecule has 1 N–H and O–H groups in total. The molecular weight excluding hydrogens is 331 g/mol. The Morgan fingerprint density at radius 1 is 1.12 bits per heavy atom. The number of amides is 1. The Balaban J connectivity index is 1.41. The van der Waals surface area contributed by atoms with Gasteiger partial charge in [0.15, 0.2) is 0 Å². The summed E-state index contributed by atoms with van der Waals surface area (Å²) in [5.41, 5.74) is 0.359. The van der Waals surface area contributed by atoms with Crippen LogP contribution < -0.4 is 10.2 Å². The van der Waals surface area contributed by atoms with E-state index >= 15 is 0 Å². The molecule has 1 aliphatic carbocycles. The first-order valence-electron chi connectivity index (χ1n) is 9.29. The summed E-state index contributed by atoms with van der Waals surface area (Å²) < 4.78 is 13.1. The fourth-order valence-electron chi connectivity index (χ4n) is 3.64. The Hall–Kier alpha value is -2.50. The van der Waals surface area contributed by atoms with E-state index in [1.165, 1.54) is 31.4 Å². The fraction of sp³-hybridized carbons (Fsp3) is 0.450. The summed E-state index contributed by atoms with van der Waals surface area (Å²) in [6.07, 6.45) is 6.99. The van der Waals surface area contributed by atoms with Gasteiger partial charge in [-0.05, 0) is 55.9 Å². The van der Waals surface area contributed by atoms with Gasteiger partial charge < -0.3 is 10.2 Å². The number of rotatable bonds is 5. The second-order valence-electron chi connectivity index (χ2n) is 7.15. The molecule has 26 heavy (non-hydrogen) atoms. The number of nitrogens with zero attached hydrogens (tertiary/aromatic N) is 3. The fourth-order valence-corrected chi connectivity index (χ4v) is 3.64. The van der Waals surface area contributed by atoms with Gasteiger partial charge in [-0.1, -0.05) is 12.1 Å². The van der Waals surface area contributed by atoms with Gasteiger partial charge in [-0.15, -0.1) is 0 Å². The van der Waals surface area contributed by atoms with E-state index in [4.69, 9.17) is 0 Å². The van der Waals surface area contributed by atoms with Gasteiger partial charge >= 0.3 is 0 Å². The van der Waals surface area contributed by atoms with Crippen LogP contribution in [0, 0.1) is 5.82 Å². The molecule has 2 heterocycles. The van der Waals surface area contributed by atoms with Crippen LogP contribution in [0.25, 0.3) is 0 Å². The van der Waals surface area contributed by atoms with Gasteiger partial charge in [-0.3, -0.25) is 4.79 Å². The van der Waals surface area contributed by atoms with Crippen LogP contribution in [0.15, 0.2) is 36.5 Å². The first-order chi connectivity index (χ1) is 12.7. The molecule has 2 aliphatic rings. The maximum absolute atomic E-state index is 13.1. The van der Waals surface area contributed by atoms with Crippen molar-refractivity contribution in [3.63, 3.8) is 0 Å². The Kier molecular flexibility index (Phi) is 4.57. The molecule has 0 atom stereocenters. The van der Waals surface area contributed by atoms with Crippen molar-refractivity contribution in [3.05, 3.63) is 53.7 Å².